The van der Waals surface area contributed by atoms with Gasteiger partial charge in [-0.1, -0.05) is 24.3 Å². The molecule has 1 N–H and O–H groups in total. The van der Waals surface area contributed by atoms with E-state index in [1.807, 2.05) is 25.1 Å². The molecule has 0 saturated carbocycles. The van der Waals surface area contributed by atoms with Crippen LogP contribution < -0.4 is 5.32 Å². The molecule has 0 fully saturated rings. The first-order valence-electron chi connectivity index (χ1n) is 6.02. The molecule has 2 heteroatoms. The highest BCUT2D eigenvalue weighted by Gasteiger charge is 2.10. The highest BCUT2D eigenvalue weighted by atomic mass is 16.1. The second kappa shape index (κ2) is 5.48. The number of hydrogen-bond acceptors (Lipinski definition) is 1. The molecule has 17 heavy (non-hydrogen) atoms. The number of carbonyl (C=O) groups is 1. The van der Waals surface area contributed by atoms with E-state index in [-0.39, 0.29) is 5.91 Å². The third-order valence-electron chi connectivity index (χ3n) is 2.92. The summed E-state index contributed by atoms with van der Waals surface area (Å²) < 4.78 is 0. The van der Waals surface area contributed by atoms with Crippen molar-refractivity contribution in [3.63, 3.8) is 0 Å². The standard InChI is InChI=1S/C15H17NO/c1-2-3-4-8-15(17)16-14-10-9-12-6-5-7-13(12)11-14/h2-4,8-11H,5-7H2,1H3,(H,16,17)/b3-2+,8-4+. The molecule has 1 amide bonds. The van der Waals surface area contributed by atoms with E-state index in [0.717, 1.165) is 12.1 Å². The lowest BCUT2D eigenvalue weighted by Gasteiger charge is -2.05. The molecular weight excluding hydrogens is 210 g/mol. The van der Waals surface area contributed by atoms with Crippen LogP contribution in [-0.2, 0) is 17.6 Å². The average molecular weight is 227 g/mol. The van der Waals surface area contributed by atoms with Crippen LogP contribution in [0.15, 0.2) is 42.5 Å². The van der Waals surface area contributed by atoms with Crippen molar-refractivity contribution >= 4 is 11.6 Å². The van der Waals surface area contributed by atoms with Crippen LogP contribution in [-0.4, -0.2) is 5.91 Å². The third kappa shape index (κ3) is 3.06. The summed E-state index contributed by atoms with van der Waals surface area (Å²) in [7, 11) is 0. The second-order valence-corrected chi connectivity index (χ2v) is 4.21. The Bertz CT molecular complexity index is 472. The Kier molecular flexibility index (Phi) is 3.76. The smallest absolute Gasteiger partial charge is 0.248 e. The van der Waals surface area contributed by atoms with Gasteiger partial charge in [-0.15, -0.1) is 0 Å². The van der Waals surface area contributed by atoms with Gasteiger partial charge in [-0.3, -0.25) is 4.79 Å². The van der Waals surface area contributed by atoms with Gasteiger partial charge in [-0.05, 0) is 49.4 Å². The first-order chi connectivity index (χ1) is 8.29. The van der Waals surface area contributed by atoms with E-state index >= 15 is 0 Å². The summed E-state index contributed by atoms with van der Waals surface area (Å²) in [6.45, 7) is 1.92. The first kappa shape index (κ1) is 11.6. The Morgan fingerprint density at radius 3 is 2.88 bits per heavy atom. The van der Waals surface area contributed by atoms with Crippen LogP contribution in [0.3, 0.4) is 0 Å². The van der Waals surface area contributed by atoms with Crippen molar-refractivity contribution in [1.29, 1.82) is 0 Å². The number of nitrogens with one attached hydrogen (secondary N) is 1. The molecule has 1 aromatic rings. The Labute approximate surface area is 102 Å². The summed E-state index contributed by atoms with van der Waals surface area (Å²) in [5.74, 6) is -0.0824. The van der Waals surface area contributed by atoms with Gasteiger partial charge < -0.3 is 5.32 Å². The molecule has 2 rings (SSSR count). The molecule has 2 nitrogen and oxygen atoms in total. The maximum absolute atomic E-state index is 11.6. The zero-order valence-corrected chi connectivity index (χ0v) is 10.1. The van der Waals surface area contributed by atoms with E-state index < -0.39 is 0 Å². The Morgan fingerprint density at radius 1 is 1.24 bits per heavy atom. The monoisotopic (exact) mass is 227 g/mol. The van der Waals surface area contributed by atoms with E-state index in [9.17, 15) is 4.79 Å². The van der Waals surface area contributed by atoms with Crippen molar-refractivity contribution in [2.24, 2.45) is 0 Å². The molecule has 1 aromatic carbocycles. The van der Waals surface area contributed by atoms with E-state index in [1.165, 1.54) is 30.0 Å². The van der Waals surface area contributed by atoms with Gasteiger partial charge >= 0.3 is 0 Å². The van der Waals surface area contributed by atoms with E-state index in [1.54, 1.807) is 6.08 Å². The summed E-state index contributed by atoms with van der Waals surface area (Å²) >= 11 is 0. The molecule has 88 valence electrons. The molecule has 1 aliphatic rings. The number of anilines is 1. The van der Waals surface area contributed by atoms with Gasteiger partial charge in [0.15, 0.2) is 0 Å². The number of amides is 1. The predicted octanol–water partition coefficient (Wildman–Crippen LogP) is 3.25. The van der Waals surface area contributed by atoms with Crippen molar-refractivity contribution in [3.05, 3.63) is 53.6 Å². The topological polar surface area (TPSA) is 29.1 Å². The second-order valence-electron chi connectivity index (χ2n) is 4.21. The number of rotatable bonds is 3. The first-order valence-corrected chi connectivity index (χ1v) is 6.02. The molecule has 0 saturated heterocycles. The van der Waals surface area contributed by atoms with Crippen molar-refractivity contribution in [1.82, 2.24) is 0 Å². The van der Waals surface area contributed by atoms with Crippen LogP contribution in [0.2, 0.25) is 0 Å². The number of fused-ring (bicyclic) bond motifs is 1. The van der Waals surface area contributed by atoms with Crippen molar-refractivity contribution < 1.29 is 4.79 Å². The molecule has 0 spiro atoms. The van der Waals surface area contributed by atoms with Crippen molar-refractivity contribution in [3.8, 4) is 0 Å². The SMILES string of the molecule is C/C=C/C=C/C(=O)Nc1ccc2c(c1)CCC2. The fraction of sp³-hybridized carbons (Fsp3) is 0.267. The molecular formula is C15H17NO. The molecule has 0 aromatic heterocycles. The average Bonchev–Trinajstić information content (AvgIpc) is 2.76. The van der Waals surface area contributed by atoms with Crippen LogP contribution >= 0.6 is 0 Å². The summed E-state index contributed by atoms with van der Waals surface area (Å²) in [5.41, 5.74) is 3.69. The summed E-state index contributed by atoms with van der Waals surface area (Å²) in [5, 5.41) is 2.87. The number of aryl methyl sites for hydroxylation is 2. The Hall–Kier alpha value is -1.83. The van der Waals surface area contributed by atoms with E-state index in [0.29, 0.717) is 0 Å². The molecule has 0 bridgehead atoms. The Balaban J connectivity index is 2.01. The van der Waals surface area contributed by atoms with Crippen LogP contribution in [0.5, 0.6) is 0 Å². The van der Waals surface area contributed by atoms with Crippen molar-refractivity contribution in [2.45, 2.75) is 26.2 Å². The maximum Gasteiger partial charge on any atom is 0.248 e. The van der Waals surface area contributed by atoms with Gasteiger partial charge in [0.05, 0.1) is 0 Å². The van der Waals surface area contributed by atoms with Gasteiger partial charge in [0, 0.05) is 11.8 Å². The number of hydrogen-bond donors (Lipinski definition) is 1. The zero-order chi connectivity index (χ0) is 12.1. The minimum absolute atomic E-state index is 0.0824. The van der Waals surface area contributed by atoms with Crippen LogP contribution in [0, 0.1) is 0 Å². The third-order valence-corrected chi connectivity index (χ3v) is 2.92. The lowest BCUT2D eigenvalue weighted by Crippen LogP contribution is -2.07. The van der Waals surface area contributed by atoms with E-state index in [4.69, 9.17) is 0 Å². The quantitative estimate of drug-likeness (QED) is 0.623. The number of allylic oxidation sites excluding steroid dienone is 3. The van der Waals surface area contributed by atoms with Gasteiger partial charge in [-0.2, -0.15) is 0 Å². The largest absolute Gasteiger partial charge is 0.323 e. The molecule has 0 radical (unpaired) electrons. The minimum atomic E-state index is -0.0824. The van der Waals surface area contributed by atoms with Crippen molar-refractivity contribution in [2.75, 3.05) is 5.32 Å². The summed E-state index contributed by atoms with van der Waals surface area (Å²) in [4.78, 5) is 11.6. The number of carbonyl (C=O) groups excluding carboxylic acids is 1. The minimum Gasteiger partial charge on any atom is -0.323 e. The van der Waals surface area contributed by atoms with Crippen LogP contribution in [0.4, 0.5) is 5.69 Å². The Morgan fingerprint density at radius 2 is 2.06 bits per heavy atom. The maximum atomic E-state index is 11.6. The van der Waals surface area contributed by atoms with E-state index in [2.05, 4.69) is 17.4 Å². The van der Waals surface area contributed by atoms with Crippen LogP contribution in [0.1, 0.15) is 24.5 Å². The highest BCUT2D eigenvalue weighted by Crippen LogP contribution is 2.24. The van der Waals surface area contributed by atoms with Gasteiger partial charge in [0.1, 0.15) is 0 Å². The predicted molar refractivity (Wildman–Crippen MR) is 71.1 cm³/mol. The summed E-state index contributed by atoms with van der Waals surface area (Å²) in [6.07, 6.45) is 10.5. The number of benzene rings is 1. The zero-order valence-electron chi connectivity index (χ0n) is 10.1. The van der Waals surface area contributed by atoms with Crippen LogP contribution in [0.25, 0.3) is 0 Å². The lowest BCUT2D eigenvalue weighted by atomic mass is 10.1. The highest BCUT2D eigenvalue weighted by molar-refractivity contribution is 5.99. The van der Waals surface area contributed by atoms with Gasteiger partial charge in [0.2, 0.25) is 5.91 Å². The fourth-order valence-corrected chi connectivity index (χ4v) is 2.09. The molecule has 0 atom stereocenters. The summed E-state index contributed by atoms with van der Waals surface area (Å²) in [6, 6.07) is 6.18. The fourth-order valence-electron chi connectivity index (χ4n) is 2.09. The lowest BCUT2D eigenvalue weighted by molar-refractivity contribution is -0.111. The van der Waals surface area contributed by atoms with Gasteiger partial charge in [0.25, 0.3) is 0 Å². The molecule has 0 aliphatic heterocycles. The normalized spacial score (nSPS) is 14.4. The molecule has 1 aliphatic carbocycles. The van der Waals surface area contributed by atoms with Gasteiger partial charge in [-0.25, -0.2) is 0 Å². The molecule has 0 unspecified atom stereocenters. The molecule has 0 heterocycles.